The Labute approximate surface area is 101 Å². The Morgan fingerprint density at radius 2 is 2.12 bits per heavy atom. The number of nitrogens with one attached hydrogen (secondary N) is 1. The maximum atomic E-state index is 12.0. The first-order valence-corrected chi connectivity index (χ1v) is 5.61. The fourth-order valence-electron chi connectivity index (χ4n) is 1.24. The third-order valence-corrected chi connectivity index (χ3v) is 2.92. The SMILES string of the molecule is CCC(C)(C)NC(=O)c1c(N)cccc1Cl. The van der Waals surface area contributed by atoms with Gasteiger partial charge in [0.15, 0.2) is 0 Å². The molecule has 88 valence electrons. The van der Waals surface area contributed by atoms with Crippen molar-refractivity contribution in [2.45, 2.75) is 32.7 Å². The molecule has 0 aliphatic carbocycles. The summed E-state index contributed by atoms with van der Waals surface area (Å²) in [6, 6.07) is 5.05. The van der Waals surface area contributed by atoms with Crippen LogP contribution in [-0.2, 0) is 0 Å². The van der Waals surface area contributed by atoms with Crippen LogP contribution in [0.2, 0.25) is 5.02 Å². The number of hydrogen-bond acceptors (Lipinski definition) is 2. The zero-order chi connectivity index (χ0) is 12.3. The molecule has 1 aromatic carbocycles. The molecular weight excluding hydrogens is 224 g/mol. The van der Waals surface area contributed by atoms with Gasteiger partial charge in [0.2, 0.25) is 0 Å². The number of halogens is 1. The molecule has 3 N–H and O–H groups in total. The predicted molar refractivity (Wildman–Crippen MR) is 67.7 cm³/mol. The van der Waals surface area contributed by atoms with E-state index in [1.807, 2.05) is 20.8 Å². The standard InChI is InChI=1S/C12H17ClN2O/c1-4-12(2,3)15-11(16)10-8(13)6-5-7-9(10)14/h5-7H,4,14H2,1-3H3,(H,15,16). The van der Waals surface area contributed by atoms with Gasteiger partial charge in [0.25, 0.3) is 5.91 Å². The van der Waals surface area contributed by atoms with Crippen molar-refractivity contribution in [2.24, 2.45) is 0 Å². The summed E-state index contributed by atoms with van der Waals surface area (Å²) in [5.74, 6) is -0.227. The van der Waals surface area contributed by atoms with Gasteiger partial charge in [0.05, 0.1) is 10.6 Å². The van der Waals surface area contributed by atoms with Gasteiger partial charge in [-0.3, -0.25) is 4.79 Å². The number of anilines is 1. The largest absolute Gasteiger partial charge is 0.398 e. The molecule has 0 aliphatic rings. The topological polar surface area (TPSA) is 55.1 Å². The van der Waals surface area contributed by atoms with Gasteiger partial charge in [-0.05, 0) is 32.4 Å². The van der Waals surface area contributed by atoms with Gasteiger partial charge < -0.3 is 11.1 Å². The number of amides is 1. The lowest BCUT2D eigenvalue weighted by molar-refractivity contribution is 0.0912. The summed E-state index contributed by atoms with van der Waals surface area (Å²) in [6.07, 6.45) is 0.836. The molecular formula is C12H17ClN2O. The molecule has 0 unspecified atom stereocenters. The number of rotatable bonds is 3. The summed E-state index contributed by atoms with van der Waals surface area (Å²) in [6.45, 7) is 5.92. The summed E-state index contributed by atoms with van der Waals surface area (Å²) in [5, 5.41) is 3.28. The van der Waals surface area contributed by atoms with Gasteiger partial charge in [-0.2, -0.15) is 0 Å². The van der Waals surface area contributed by atoms with E-state index in [9.17, 15) is 4.79 Å². The smallest absolute Gasteiger partial charge is 0.255 e. The van der Waals surface area contributed by atoms with Crippen molar-refractivity contribution in [3.05, 3.63) is 28.8 Å². The van der Waals surface area contributed by atoms with E-state index in [4.69, 9.17) is 17.3 Å². The Morgan fingerprint density at radius 1 is 1.50 bits per heavy atom. The second-order valence-electron chi connectivity index (χ2n) is 4.40. The minimum atomic E-state index is -0.261. The Kier molecular flexibility index (Phi) is 3.81. The van der Waals surface area contributed by atoms with Crippen LogP contribution in [0.15, 0.2) is 18.2 Å². The molecule has 0 aromatic heterocycles. The molecule has 0 saturated carbocycles. The molecule has 0 saturated heterocycles. The number of carbonyl (C=O) groups is 1. The molecule has 0 aliphatic heterocycles. The molecule has 1 rings (SSSR count). The molecule has 0 bridgehead atoms. The molecule has 0 atom stereocenters. The summed E-state index contributed by atoms with van der Waals surface area (Å²) in [7, 11) is 0. The van der Waals surface area contributed by atoms with E-state index in [-0.39, 0.29) is 11.4 Å². The highest BCUT2D eigenvalue weighted by Gasteiger charge is 2.21. The summed E-state index contributed by atoms with van der Waals surface area (Å²) < 4.78 is 0. The lowest BCUT2D eigenvalue weighted by Crippen LogP contribution is -2.43. The van der Waals surface area contributed by atoms with Gasteiger partial charge in [-0.15, -0.1) is 0 Å². The van der Waals surface area contributed by atoms with Gasteiger partial charge >= 0.3 is 0 Å². The van der Waals surface area contributed by atoms with E-state index < -0.39 is 0 Å². The maximum absolute atomic E-state index is 12.0. The van der Waals surface area contributed by atoms with Crippen LogP contribution in [0.25, 0.3) is 0 Å². The lowest BCUT2D eigenvalue weighted by Gasteiger charge is -2.25. The molecule has 0 spiro atoms. The average Bonchev–Trinajstić information content (AvgIpc) is 2.16. The minimum absolute atomic E-state index is 0.227. The first-order valence-electron chi connectivity index (χ1n) is 5.24. The van der Waals surface area contributed by atoms with Crippen LogP contribution in [-0.4, -0.2) is 11.4 Å². The predicted octanol–water partition coefficient (Wildman–Crippen LogP) is 2.84. The highest BCUT2D eigenvalue weighted by molar-refractivity contribution is 6.34. The minimum Gasteiger partial charge on any atom is -0.398 e. The normalized spacial score (nSPS) is 11.2. The Bertz CT molecular complexity index is 382. The molecule has 1 aromatic rings. The van der Waals surface area contributed by atoms with E-state index in [0.29, 0.717) is 16.3 Å². The van der Waals surface area contributed by atoms with Crippen molar-refractivity contribution in [1.29, 1.82) is 0 Å². The highest BCUT2D eigenvalue weighted by atomic mass is 35.5. The Morgan fingerprint density at radius 3 is 2.62 bits per heavy atom. The van der Waals surface area contributed by atoms with Crippen LogP contribution < -0.4 is 11.1 Å². The first-order chi connectivity index (χ1) is 7.37. The van der Waals surface area contributed by atoms with Gasteiger partial charge in [0.1, 0.15) is 0 Å². The van der Waals surface area contributed by atoms with Crippen molar-refractivity contribution < 1.29 is 4.79 Å². The second-order valence-corrected chi connectivity index (χ2v) is 4.80. The zero-order valence-electron chi connectivity index (χ0n) is 9.80. The van der Waals surface area contributed by atoms with Crippen molar-refractivity contribution in [2.75, 3.05) is 5.73 Å². The highest BCUT2D eigenvalue weighted by Crippen LogP contribution is 2.22. The van der Waals surface area contributed by atoms with Crippen molar-refractivity contribution in [1.82, 2.24) is 5.32 Å². The van der Waals surface area contributed by atoms with Crippen molar-refractivity contribution >= 4 is 23.2 Å². The Hall–Kier alpha value is -1.22. The first kappa shape index (κ1) is 12.8. The molecule has 16 heavy (non-hydrogen) atoms. The zero-order valence-corrected chi connectivity index (χ0v) is 10.6. The molecule has 0 radical (unpaired) electrons. The van der Waals surface area contributed by atoms with E-state index >= 15 is 0 Å². The summed E-state index contributed by atoms with van der Waals surface area (Å²) in [5.41, 5.74) is 6.23. The van der Waals surface area contributed by atoms with Crippen LogP contribution in [0.1, 0.15) is 37.6 Å². The van der Waals surface area contributed by atoms with E-state index in [1.165, 1.54) is 0 Å². The lowest BCUT2D eigenvalue weighted by atomic mass is 10.0. The number of benzene rings is 1. The van der Waals surface area contributed by atoms with Crippen LogP contribution in [0, 0.1) is 0 Å². The number of hydrogen-bond donors (Lipinski definition) is 2. The van der Waals surface area contributed by atoms with Crippen LogP contribution in [0.3, 0.4) is 0 Å². The van der Waals surface area contributed by atoms with Crippen LogP contribution in [0.4, 0.5) is 5.69 Å². The summed E-state index contributed by atoms with van der Waals surface area (Å²) >= 11 is 5.96. The van der Waals surface area contributed by atoms with E-state index in [2.05, 4.69) is 5.32 Å². The summed E-state index contributed by atoms with van der Waals surface area (Å²) in [4.78, 5) is 12.0. The third kappa shape index (κ3) is 2.89. The number of carbonyl (C=O) groups excluding carboxylic acids is 1. The maximum Gasteiger partial charge on any atom is 0.255 e. The van der Waals surface area contributed by atoms with Gasteiger partial charge in [-0.1, -0.05) is 24.6 Å². The van der Waals surface area contributed by atoms with Gasteiger partial charge in [-0.25, -0.2) is 0 Å². The average molecular weight is 241 g/mol. The fraction of sp³-hybridized carbons (Fsp3) is 0.417. The van der Waals surface area contributed by atoms with Crippen LogP contribution in [0.5, 0.6) is 0 Å². The fourth-order valence-corrected chi connectivity index (χ4v) is 1.51. The number of nitrogens with two attached hydrogens (primary N) is 1. The monoisotopic (exact) mass is 240 g/mol. The molecule has 3 nitrogen and oxygen atoms in total. The number of nitrogen functional groups attached to an aromatic ring is 1. The molecule has 1 amide bonds. The second kappa shape index (κ2) is 4.74. The molecule has 0 heterocycles. The Balaban J connectivity index is 2.98. The molecule has 0 fully saturated rings. The van der Waals surface area contributed by atoms with Crippen molar-refractivity contribution in [3.8, 4) is 0 Å². The third-order valence-electron chi connectivity index (χ3n) is 2.61. The molecule has 4 heteroatoms. The quantitative estimate of drug-likeness (QED) is 0.799. The van der Waals surface area contributed by atoms with Gasteiger partial charge in [0, 0.05) is 11.2 Å². The van der Waals surface area contributed by atoms with Crippen LogP contribution >= 0.6 is 11.6 Å². The van der Waals surface area contributed by atoms with E-state index in [1.54, 1.807) is 18.2 Å². The van der Waals surface area contributed by atoms with E-state index in [0.717, 1.165) is 6.42 Å². The van der Waals surface area contributed by atoms with Crippen molar-refractivity contribution in [3.63, 3.8) is 0 Å².